The van der Waals surface area contributed by atoms with Gasteiger partial charge < -0.3 is 5.32 Å². The van der Waals surface area contributed by atoms with Gasteiger partial charge in [-0.25, -0.2) is 13.4 Å². The number of aryl methyl sites for hydroxylation is 2. The maximum absolute atomic E-state index is 12.2. The number of carbonyl (C=O) groups is 1. The van der Waals surface area contributed by atoms with E-state index < -0.39 is 10.0 Å². The second-order valence-corrected chi connectivity index (χ2v) is 9.72. The zero-order valence-electron chi connectivity index (χ0n) is 16.5. The number of anilines is 2. The minimum absolute atomic E-state index is 0.0726. The van der Waals surface area contributed by atoms with E-state index in [0.717, 1.165) is 23.1 Å². The van der Waals surface area contributed by atoms with E-state index in [0.29, 0.717) is 23.7 Å². The van der Waals surface area contributed by atoms with Crippen LogP contribution in [0.5, 0.6) is 0 Å². The molecule has 3 aromatic rings. The molecule has 0 unspecified atom stereocenters. The third kappa shape index (κ3) is 5.65. The molecule has 0 aliphatic heterocycles. The lowest BCUT2D eigenvalue weighted by molar-refractivity contribution is -0.116. The summed E-state index contributed by atoms with van der Waals surface area (Å²) in [7, 11) is -1.79. The molecular weight excluding hydrogens is 406 g/mol. The lowest BCUT2D eigenvalue weighted by Crippen LogP contribution is -2.24. The van der Waals surface area contributed by atoms with Gasteiger partial charge in [0.25, 0.3) is 0 Å². The highest BCUT2D eigenvalue weighted by Crippen LogP contribution is 2.27. The molecule has 0 radical (unpaired) electrons. The van der Waals surface area contributed by atoms with Gasteiger partial charge in [0.2, 0.25) is 15.9 Å². The van der Waals surface area contributed by atoms with Crippen molar-refractivity contribution < 1.29 is 13.2 Å². The van der Waals surface area contributed by atoms with E-state index in [2.05, 4.69) is 10.3 Å². The average Bonchev–Trinajstić information content (AvgIpc) is 3.15. The van der Waals surface area contributed by atoms with Crippen molar-refractivity contribution in [2.24, 2.45) is 0 Å². The lowest BCUT2D eigenvalue weighted by Gasteiger charge is -2.16. The van der Waals surface area contributed by atoms with Crippen molar-refractivity contribution in [2.75, 3.05) is 22.9 Å². The normalized spacial score (nSPS) is 11.3. The molecule has 29 heavy (non-hydrogen) atoms. The van der Waals surface area contributed by atoms with E-state index >= 15 is 0 Å². The van der Waals surface area contributed by atoms with Crippen LogP contribution in [0.15, 0.2) is 53.9 Å². The van der Waals surface area contributed by atoms with Crippen LogP contribution < -0.4 is 9.62 Å². The molecule has 152 valence electrons. The van der Waals surface area contributed by atoms with Crippen LogP contribution in [0.2, 0.25) is 0 Å². The van der Waals surface area contributed by atoms with Crippen molar-refractivity contribution in [3.8, 4) is 11.3 Å². The Hall–Kier alpha value is -2.71. The van der Waals surface area contributed by atoms with Gasteiger partial charge in [-0.1, -0.05) is 42.0 Å². The Bertz CT molecular complexity index is 1090. The van der Waals surface area contributed by atoms with Gasteiger partial charge in [0.05, 0.1) is 17.6 Å². The van der Waals surface area contributed by atoms with Gasteiger partial charge in [-0.2, -0.15) is 0 Å². The highest BCUT2D eigenvalue weighted by Gasteiger charge is 2.13. The highest BCUT2D eigenvalue weighted by molar-refractivity contribution is 7.92. The molecule has 1 N–H and O–H groups in total. The van der Waals surface area contributed by atoms with Crippen LogP contribution in [0, 0.1) is 6.92 Å². The van der Waals surface area contributed by atoms with E-state index in [-0.39, 0.29) is 5.91 Å². The molecule has 0 bridgehead atoms. The summed E-state index contributed by atoms with van der Waals surface area (Å²) in [6.45, 7) is 2.04. The minimum atomic E-state index is -3.30. The van der Waals surface area contributed by atoms with Crippen molar-refractivity contribution in [3.63, 3.8) is 0 Å². The van der Waals surface area contributed by atoms with Gasteiger partial charge in [-0.3, -0.25) is 9.10 Å². The van der Waals surface area contributed by atoms with Gasteiger partial charge in [0.1, 0.15) is 0 Å². The third-order valence-electron chi connectivity index (χ3n) is 4.54. The highest BCUT2D eigenvalue weighted by atomic mass is 32.2. The van der Waals surface area contributed by atoms with Crippen LogP contribution in [0.1, 0.15) is 17.5 Å². The van der Waals surface area contributed by atoms with Crippen LogP contribution in [0.4, 0.5) is 10.8 Å². The molecule has 3 rings (SSSR count). The SMILES string of the molecule is Cc1ccc(CCC(=O)Nc2nc(-c3ccc(N(C)S(C)(=O)=O)cc3)cs2)cc1. The molecule has 2 aromatic carbocycles. The van der Waals surface area contributed by atoms with Crippen molar-refractivity contribution in [3.05, 3.63) is 65.0 Å². The number of rotatable bonds is 7. The van der Waals surface area contributed by atoms with Crippen LogP contribution in [0.3, 0.4) is 0 Å². The van der Waals surface area contributed by atoms with E-state index in [4.69, 9.17) is 0 Å². The zero-order chi connectivity index (χ0) is 21.0. The molecule has 0 saturated carbocycles. The lowest BCUT2D eigenvalue weighted by atomic mass is 10.1. The molecule has 6 nitrogen and oxygen atoms in total. The Kier molecular flexibility index (Phi) is 6.34. The molecular formula is C21H23N3O3S2. The number of aromatic nitrogens is 1. The van der Waals surface area contributed by atoms with Crippen molar-refractivity contribution in [1.82, 2.24) is 4.98 Å². The Labute approximate surface area is 175 Å². The fourth-order valence-corrected chi connectivity index (χ4v) is 3.93. The van der Waals surface area contributed by atoms with Crippen molar-refractivity contribution in [1.29, 1.82) is 0 Å². The summed E-state index contributed by atoms with van der Waals surface area (Å²) in [5.74, 6) is -0.0726. The molecule has 0 aliphatic carbocycles. The molecule has 8 heteroatoms. The molecule has 1 aromatic heterocycles. The summed E-state index contributed by atoms with van der Waals surface area (Å²) < 4.78 is 24.5. The Morgan fingerprint density at radius 2 is 1.76 bits per heavy atom. The standard InChI is InChI=1S/C21H23N3O3S2/c1-15-4-6-16(7-5-15)8-13-20(25)23-21-22-19(14-28-21)17-9-11-18(12-10-17)24(2)29(3,26)27/h4-7,9-12,14H,8,13H2,1-3H3,(H,22,23,25). The number of nitrogens with one attached hydrogen (secondary N) is 1. The molecule has 1 amide bonds. The maximum Gasteiger partial charge on any atom is 0.231 e. The predicted octanol–water partition coefficient (Wildman–Crippen LogP) is 4.09. The molecule has 0 saturated heterocycles. The molecule has 0 atom stereocenters. The minimum Gasteiger partial charge on any atom is -0.302 e. The summed E-state index contributed by atoms with van der Waals surface area (Å²) in [6.07, 6.45) is 2.24. The molecule has 0 spiro atoms. The number of carbonyl (C=O) groups excluding carboxylic acids is 1. The number of sulfonamides is 1. The molecule has 0 aliphatic rings. The van der Waals surface area contributed by atoms with E-state index in [1.807, 2.05) is 48.7 Å². The summed E-state index contributed by atoms with van der Waals surface area (Å²) in [5, 5.41) is 5.26. The number of hydrogen-bond acceptors (Lipinski definition) is 5. The van der Waals surface area contributed by atoms with Crippen LogP contribution in [-0.4, -0.2) is 32.6 Å². The number of thiazole rings is 1. The Morgan fingerprint density at radius 3 is 2.38 bits per heavy atom. The largest absolute Gasteiger partial charge is 0.302 e. The Morgan fingerprint density at radius 1 is 1.10 bits per heavy atom. The van der Waals surface area contributed by atoms with Crippen molar-refractivity contribution in [2.45, 2.75) is 19.8 Å². The van der Waals surface area contributed by atoms with E-state index in [1.165, 1.54) is 28.3 Å². The second-order valence-electron chi connectivity index (χ2n) is 6.85. The fourth-order valence-electron chi connectivity index (χ4n) is 2.69. The molecule has 0 fully saturated rings. The third-order valence-corrected chi connectivity index (χ3v) is 6.50. The number of hydrogen-bond donors (Lipinski definition) is 1. The smallest absolute Gasteiger partial charge is 0.231 e. The monoisotopic (exact) mass is 429 g/mol. The van der Waals surface area contributed by atoms with Gasteiger partial charge in [0.15, 0.2) is 5.13 Å². The van der Waals surface area contributed by atoms with Gasteiger partial charge in [-0.15, -0.1) is 11.3 Å². The summed E-state index contributed by atoms with van der Waals surface area (Å²) in [5.41, 5.74) is 4.50. The number of amides is 1. The summed E-state index contributed by atoms with van der Waals surface area (Å²) in [6, 6.07) is 15.2. The first-order chi connectivity index (χ1) is 13.7. The average molecular weight is 430 g/mol. The van der Waals surface area contributed by atoms with Crippen LogP contribution >= 0.6 is 11.3 Å². The summed E-state index contributed by atoms with van der Waals surface area (Å²) >= 11 is 1.36. The number of benzene rings is 2. The maximum atomic E-state index is 12.2. The van der Waals surface area contributed by atoms with Crippen molar-refractivity contribution >= 4 is 38.1 Å². The summed E-state index contributed by atoms with van der Waals surface area (Å²) in [4.78, 5) is 16.7. The van der Waals surface area contributed by atoms with Gasteiger partial charge >= 0.3 is 0 Å². The zero-order valence-corrected chi connectivity index (χ0v) is 18.2. The number of nitrogens with zero attached hydrogens (tertiary/aromatic N) is 2. The molecule has 1 heterocycles. The second kappa shape index (κ2) is 8.75. The van der Waals surface area contributed by atoms with Gasteiger partial charge in [-0.05, 0) is 31.0 Å². The van der Waals surface area contributed by atoms with Gasteiger partial charge in [0, 0.05) is 24.4 Å². The van der Waals surface area contributed by atoms with Crippen LogP contribution in [-0.2, 0) is 21.2 Å². The van der Waals surface area contributed by atoms with E-state index in [9.17, 15) is 13.2 Å². The first-order valence-electron chi connectivity index (χ1n) is 9.07. The Balaban J connectivity index is 1.60. The first-order valence-corrected chi connectivity index (χ1v) is 11.8. The van der Waals surface area contributed by atoms with E-state index in [1.54, 1.807) is 12.1 Å². The van der Waals surface area contributed by atoms with Crippen LogP contribution in [0.25, 0.3) is 11.3 Å². The first kappa shape index (κ1) is 21.0. The predicted molar refractivity (Wildman–Crippen MR) is 119 cm³/mol. The fraction of sp³-hybridized carbons (Fsp3) is 0.238. The quantitative estimate of drug-likeness (QED) is 0.614. The topological polar surface area (TPSA) is 79.4 Å².